The molecule has 0 radical (unpaired) electrons. The zero-order valence-corrected chi connectivity index (χ0v) is 14.9. The predicted octanol–water partition coefficient (Wildman–Crippen LogP) is 4.53. The largest absolute Gasteiger partial charge is 0.446 e. The molecule has 0 aliphatic carbocycles. The minimum absolute atomic E-state index is 0.409. The van der Waals surface area contributed by atoms with Crippen molar-refractivity contribution in [2.24, 2.45) is 0 Å². The molecule has 5 nitrogen and oxygen atoms in total. The number of alkyl halides is 3. The number of hydrogen-bond donors (Lipinski definition) is 1. The standard InChI is InChI=1S/C16H15F4N5S/c1-9-6-13(25-14(23-9)21-8-22-25)24-15(2,3)10-4-5-12(11(17)7-10)26-16(18,19)20/h4-8,24H,1-3H3. The maximum atomic E-state index is 14.1. The van der Waals surface area contributed by atoms with Crippen molar-refractivity contribution >= 4 is 23.4 Å². The van der Waals surface area contributed by atoms with E-state index in [0.717, 1.165) is 12.1 Å². The second-order valence-corrected chi connectivity index (χ2v) is 7.30. The minimum Gasteiger partial charge on any atom is -0.361 e. The van der Waals surface area contributed by atoms with Crippen LogP contribution < -0.4 is 5.32 Å². The van der Waals surface area contributed by atoms with E-state index in [-0.39, 0.29) is 0 Å². The molecule has 0 saturated heterocycles. The van der Waals surface area contributed by atoms with E-state index in [2.05, 4.69) is 20.4 Å². The number of hydrogen-bond acceptors (Lipinski definition) is 5. The lowest BCUT2D eigenvalue weighted by molar-refractivity contribution is -0.0329. The Morgan fingerprint density at radius 2 is 1.88 bits per heavy atom. The molecule has 3 rings (SSSR count). The van der Waals surface area contributed by atoms with E-state index >= 15 is 0 Å². The minimum atomic E-state index is -4.54. The maximum absolute atomic E-state index is 14.1. The first-order valence-corrected chi connectivity index (χ1v) is 8.38. The molecule has 0 bridgehead atoms. The summed E-state index contributed by atoms with van der Waals surface area (Å²) >= 11 is -0.470. The fourth-order valence-electron chi connectivity index (χ4n) is 2.51. The molecular weight excluding hydrogens is 370 g/mol. The number of aryl methyl sites for hydroxylation is 1. The Labute approximate surface area is 150 Å². The summed E-state index contributed by atoms with van der Waals surface area (Å²) in [4.78, 5) is 7.81. The highest BCUT2D eigenvalue weighted by atomic mass is 32.2. The maximum Gasteiger partial charge on any atom is 0.446 e. The van der Waals surface area contributed by atoms with E-state index in [1.54, 1.807) is 26.8 Å². The molecule has 0 atom stereocenters. The first-order chi connectivity index (χ1) is 12.0. The molecule has 0 unspecified atom stereocenters. The Kier molecular flexibility index (Phi) is 4.55. The van der Waals surface area contributed by atoms with Gasteiger partial charge in [-0.15, -0.1) is 0 Å². The SMILES string of the molecule is Cc1cc(NC(C)(C)c2ccc(SC(F)(F)F)c(F)c2)n2ncnc2n1. The second kappa shape index (κ2) is 6.42. The first kappa shape index (κ1) is 18.4. The van der Waals surface area contributed by atoms with Gasteiger partial charge in [-0.25, -0.2) is 9.37 Å². The summed E-state index contributed by atoms with van der Waals surface area (Å²) in [6, 6.07) is 5.47. The van der Waals surface area contributed by atoms with E-state index in [1.165, 1.54) is 16.9 Å². The summed E-state index contributed by atoms with van der Waals surface area (Å²) in [6.07, 6.45) is 1.36. The monoisotopic (exact) mass is 385 g/mol. The van der Waals surface area contributed by atoms with E-state index in [9.17, 15) is 17.6 Å². The quantitative estimate of drug-likeness (QED) is 0.528. The van der Waals surface area contributed by atoms with Crippen LogP contribution in [0.15, 0.2) is 35.5 Å². The van der Waals surface area contributed by atoms with Gasteiger partial charge >= 0.3 is 5.51 Å². The van der Waals surface area contributed by atoms with Crippen molar-refractivity contribution in [3.05, 3.63) is 47.7 Å². The summed E-state index contributed by atoms with van der Waals surface area (Å²) in [7, 11) is 0. The van der Waals surface area contributed by atoms with Crippen LogP contribution in [-0.2, 0) is 5.54 Å². The lowest BCUT2D eigenvalue weighted by Gasteiger charge is -2.28. The molecule has 0 saturated carbocycles. The number of fused-ring (bicyclic) bond motifs is 1. The van der Waals surface area contributed by atoms with Gasteiger partial charge in [0.1, 0.15) is 18.0 Å². The van der Waals surface area contributed by atoms with Crippen molar-refractivity contribution in [1.29, 1.82) is 0 Å². The van der Waals surface area contributed by atoms with Gasteiger partial charge in [-0.2, -0.15) is 27.8 Å². The van der Waals surface area contributed by atoms with Gasteiger partial charge in [-0.05, 0) is 50.2 Å². The van der Waals surface area contributed by atoms with E-state index in [0.29, 0.717) is 22.9 Å². The zero-order valence-electron chi connectivity index (χ0n) is 14.1. The Hall–Kier alpha value is -2.36. The molecule has 1 N–H and O–H groups in total. The number of rotatable bonds is 4. The molecule has 0 amide bonds. The average Bonchev–Trinajstić information content (AvgIpc) is 2.96. The molecule has 2 aromatic heterocycles. The lowest BCUT2D eigenvalue weighted by atomic mass is 9.94. The van der Waals surface area contributed by atoms with E-state index < -0.39 is 33.5 Å². The van der Waals surface area contributed by atoms with Crippen LogP contribution in [0, 0.1) is 12.7 Å². The fraction of sp³-hybridized carbons (Fsp3) is 0.312. The Morgan fingerprint density at radius 3 is 2.54 bits per heavy atom. The van der Waals surface area contributed by atoms with E-state index in [1.807, 2.05) is 0 Å². The summed E-state index contributed by atoms with van der Waals surface area (Å²) in [6.45, 7) is 5.38. The molecule has 10 heteroatoms. The molecular formula is C16H15F4N5S. The molecule has 2 heterocycles. The van der Waals surface area contributed by atoms with Crippen LogP contribution in [0.1, 0.15) is 25.1 Å². The number of thioether (sulfide) groups is 1. The van der Waals surface area contributed by atoms with Gasteiger partial charge < -0.3 is 5.32 Å². The molecule has 0 aliphatic rings. The Balaban J connectivity index is 1.92. The summed E-state index contributed by atoms with van der Waals surface area (Å²) in [5, 5.41) is 7.31. The summed E-state index contributed by atoms with van der Waals surface area (Å²) in [5.41, 5.74) is -4.12. The van der Waals surface area contributed by atoms with Gasteiger partial charge in [0.15, 0.2) is 0 Å². The summed E-state index contributed by atoms with van der Waals surface area (Å²) < 4.78 is 53.0. The van der Waals surface area contributed by atoms with Crippen molar-refractivity contribution in [1.82, 2.24) is 19.6 Å². The lowest BCUT2D eigenvalue weighted by Crippen LogP contribution is -2.29. The molecule has 3 aromatic rings. The number of halogens is 4. The molecule has 0 spiro atoms. The van der Waals surface area contributed by atoms with Gasteiger partial charge in [0.25, 0.3) is 5.78 Å². The highest BCUT2D eigenvalue weighted by Gasteiger charge is 2.31. The Morgan fingerprint density at radius 1 is 1.15 bits per heavy atom. The van der Waals surface area contributed by atoms with E-state index in [4.69, 9.17) is 0 Å². The average molecular weight is 385 g/mol. The molecule has 1 aromatic carbocycles. The Bertz CT molecular complexity index is 951. The number of nitrogens with one attached hydrogen (secondary N) is 1. The van der Waals surface area contributed by atoms with Crippen molar-refractivity contribution in [3.63, 3.8) is 0 Å². The molecule has 0 aliphatic heterocycles. The smallest absolute Gasteiger partial charge is 0.361 e. The number of nitrogens with zero attached hydrogens (tertiary/aromatic N) is 4. The predicted molar refractivity (Wildman–Crippen MR) is 90.5 cm³/mol. The van der Waals surface area contributed by atoms with Gasteiger partial charge in [-0.1, -0.05) is 6.07 Å². The first-order valence-electron chi connectivity index (χ1n) is 7.56. The van der Waals surface area contributed by atoms with Gasteiger partial charge in [-0.3, -0.25) is 0 Å². The molecule has 138 valence electrons. The van der Waals surface area contributed by atoms with Gasteiger partial charge in [0.05, 0.1) is 10.4 Å². The fourth-order valence-corrected chi connectivity index (χ4v) is 3.05. The highest BCUT2D eigenvalue weighted by molar-refractivity contribution is 8.00. The van der Waals surface area contributed by atoms with Crippen LogP contribution in [-0.4, -0.2) is 25.1 Å². The van der Waals surface area contributed by atoms with Crippen molar-refractivity contribution in [2.75, 3.05) is 5.32 Å². The van der Waals surface area contributed by atoms with Crippen LogP contribution in [0.3, 0.4) is 0 Å². The third-order valence-electron chi connectivity index (χ3n) is 3.70. The number of anilines is 1. The van der Waals surface area contributed by atoms with Gasteiger partial charge in [0.2, 0.25) is 0 Å². The van der Waals surface area contributed by atoms with Crippen LogP contribution in [0.4, 0.5) is 23.4 Å². The van der Waals surface area contributed by atoms with Crippen molar-refractivity contribution in [2.45, 2.75) is 36.7 Å². The van der Waals surface area contributed by atoms with Crippen LogP contribution >= 0.6 is 11.8 Å². The zero-order chi connectivity index (χ0) is 19.1. The third kappa shape index (κ3) is 3.90. The highest BCUT2D eigenvalue weighted by Crippen LogP contribution is 2.39. The van der Waals surface area contributed by atoms with Crippen LogP contribution in [0.5, 0.6) is 0 Å². The molecule has 26 heavy (non-hydrogen) atoms. The van der Waals surface area contributed by atoms with Crippen LogP contribution in [0.25, 0.3) is 5.78 Å². The molecule has 0 fully saturated rings. The normalized spacial score (nSPS) is 12.6. The van der Waals surface area contributed by atoms with Crippen LogP contribution in [0.2, 0.25) is 0 Å². The second-order valence-electron chi connectivity index (χ2n) is 6.20. The number of aromatic nitrogens is 4. The topological polar surface area (TPSA) is 55.1 Å². The number of benzene rings is 1. The van der Waals surface area contributed by atoms with Crippen molar-refractivity contribution < 1.29 is 17.6 Å². The van der Waals surface area contributed by atoms with Crippen molar-refractivity contribution in [3.8, 4) is 0 Å². The third-order valence-corrected chi connectivity index (χ3v) is 4.48. The summed E-state index contributed by atoms with van der Waals surface area (Å²) in [5.74, 6) is 0.0760. The van der Waals surface area contributed by atoms with Gasteiger partial charge in [0, 0.05) is 11.8 Å².